The number of esters is 1. The third-order valence-electron chi connectivity index (χ3n) is 3.54. The number of nitrogens with zero attached hydrogens (tertiary/aromatic N) is 1. The predicted octanol–water partition coefficient (Wildman–Crippen LogP) is 1.78. The van der Waals surface area contributed by atoms with Crippen LogP contribution in [0.4, 0.5) is 0 Å². The molecule has 1 aromatic rings. The van der Waals surface area contributed by atoms with Crippen LogP contribution in [-0.4, -0.2) is 24.3 Å². The topological polar surface area (TPSA) is 70.3 Å². The standard InChI is InChI=1S/C14H15NO3/c1-18-13(17)10-3-2-4-11(7-10)14(9-15)6-5-12(16)8-14/h2-4,7,12,16H,5-6,8H2,1H3. The van der Waals surface area contributed by atoms with Crippen LogP contribution in [0.25, 0.3) is 0 Å². The van der Waals surface area contributed by atoms with E-state index in [1.807, 2.05) is 6.07 Å². The largest absolute Gasteiger partial charge is 0.465 e. The molecule has 2 atom stereocenters. The maximum absolute atomic E-state index is 11.5. The van der Waals surface area contributed by atoms with E-state index in [9.17, 15) is 15.2 Å². The third-order valence-corrected chi connectivity index (χ3v) is 3.54. The lowest BCUT2D eigenvalue weighted by molar-refractivity contribution is 0.0600. The van der Waals surface area contributed by atoms with E-state index >= 15 is 0 Å². The van der Waals surface area contributed by atoms with E-state index in [0.717, 1.165) is 5.56 Å². The molecule has 0 spiro atoms. The summed E-state index contributed by atoms with van der Waals surface area (Å²) in [5.41, 5.74) is 0.541. The maximum atomic E-state index is 11.5. The zero-order chi connectivity index (χ0) is 13.2. The van der Waals surface area contributed by atoms with E-state index in [0.29, 0.717) is 24.8 Å². The average Bonchev–Trinajstić information content (AvgIpc) is 2.81. The van der Waals surface area contributed by atoms with Crippen LogP contribution in [0.1, 0.15) is 35.2 Å². The summed E-state index contributed by atoms with van der Waals surface area (Å²) < 4.78 is 4.67. The molecule has 0 amide bonds. The number of hydrogen-bond donors (Lipinski definition) is 1. The van der Waals surface area contributed by atoms with Gasteiger partial charge >= 0.3 is 5.97 Å². The number of benzene rings is 1. The minimum Gasteiger partial charge on any atom is -0.465 e. The molecule has 1 aliphatic rings. The van der Waals surface area contributed by atoms with Gasteiger partial charge < -0.3 is 9.84 Å². The van der Waals surface area contributed by atoms with Gasteiger partial charge in [0.25, 0.3) is 0 Å². The van der Waals surface area contributed by atoms with Crippen molar-refractivity contribution in [2.24, 2.45) is 0 Å². The van der Waals surface area contributed by atoms with Crippen LogP contribution >= 0.6 is 0 Å². The second-order valence-corrected chi connectivity index (χ2v) is 4.66. The molecular formula is C14H15NO3. The van der Waals surface area contributed by atoms with Crippen molar-refractivity contribution in [3.63, 3.8) is 0 Å². The first-order valence-corrected chi connectivity index (χ1v) is 5.89. The number of methoxy groups -OCH3 is 1. The van der Waals surface area contributed by atoms with Crippen molar-refractivity contribution >= 4 is 5.97 Å². The molecule has 4 heteroatoms. The summed E-state index contributed by atoms with van der Waals surface area (Å²) in [4.78, 5) is 11.5. The average molecular weight is 245 g/mol. The number of carbonyl (C=O) groups excluding carboxylic acids is 1. The Bertz CT molecular complexity index is 506. The number of rotatable bonds is 2. The van der Waals surface area contributed by atoms with E-state index in [4.69, 9.17) is 0 Å². The minimum absolute atomic E-state index is 0.413. The highest BCUT2D eigenvalue weighted by Gasteiger charge is 2.40. The van der Waals surface area contributed by atoms with Crippen LogP contribution in [0.15, 0.2) is 24.3 Å². The molecule has 0 saturated heterocycles. The van der Waals surface area contributed by atoms with E-state index in [-0.39, 0.29) is 0 Å². The molecule has 0 heterocycles. The maximum Gasteiger partial charge on any atom is 0.337 e. The fraction of sp³-hybridized carbons (Fsp3) is 0.429. The van der Waals surface area contributed by atoms with Gasteiger partial charge in [-0.2, -0.15) is 5.26 Å². The highest BCUT2D eigenvalue weighted by molar-refractivity contribution is 5.89. The Morgan fingerprint density at radius 3 is 2.94 bits per heavy atom. The number of nitriles is 1. The second-order valence-electron chi connectivity index (χ2n) is 4.66. The van der Waals surface area contributed by atoms with Crippen LogP contribution in [0.2, 0.25) is 0 Å². The zero-order valence-corrected chi connectivity index (χ0v) is 10.2. The lowest BCUT2D eigenvalue weighted by Gasteiger charge is -2.21. The van der Waals surface area contributed by atoms with E-state index in [1.165, 1.54) is 7.11 Å². The van der Waals surface area contributed by atoms with Crippen LogP contribution in [-0.2, 0) is 10.2 Å². The highest BCUT2D eigenvalue weighted by Crippen LogP contribution is 2.40. The second kappa shape index (κ2) is 4.79. The Morgan fingerprint density at radius 2 is 2.39 bits per heavy atom. The summed E-state index contributed by atoms with van der Waals surface area (Å²) in [5.74, 6) is -0.413. The van der Waals surface area contributed by atoms with Gasteiger partial charge in [0.05, 0.1) is 30.3 Å². The first kappa shape index (κ1) is 12.6. The Kier molecular flexibility index (Phi) is 3.35. The lowest BCUT2D eigenvalue weighted by Crippen LogP contribution is -2.21. The van der Waals surface area contributed by atoms with E-state index < -0.39 is 17.5 Å². The van der Waals surface area contributed by atoms with Crippen molar-refractivity contribution in [1.82, 2.24) is 0 Å². The van der Waals surface area contributed by atoms with Crippen molar-refractivity contribution in [3.05, 3.63) is 35.4 Å². The molecule has 2 unspecified atom stereocenters. The Balaban J connectivity index is 2.39. The summed E-state index contributed by atoms with van der Waals surface area (Å²) in [5, 5.41) is 19.0. The molecular weight excluding hydrogens is 230 g/mol. The third kappa shape index (κ3) is 2.09. The number of aliphatic hydroxyl groups excluding tert-OH is 1. The summed E-state index contributed by atoms with van der Waals surface area (Å²) in [7, 11) is 1.33. The number of hydrogen-bond acceptors (Lipinski definition) is 4. The fourth-order valence-corrected chi connectivity index (χ4v) is 2.51. The smallest absolute Gasteiger partial charge is 0.337 e. The minimum atomic E-state index is -0.677. The zero-order valence-electron chi connectivity index (χ0n) is 10.2. The molecule has 1 aliphatic carbocycles. The van der Waals surface area contributed by atoms with Gasteiger partial charge in [-0.3, -0.25) is 0 Å². The molecule has 0 radical (unpaired) electrons. The Labute approximate surface area is 106 Å². The molecule has 1 saturated carbocycles. The molecule has 0 aliphatic heterocycles. The van der Waals surface area contributed by atoms with Crippen molar-refractivity contribution in [2.75, 3.05) is 7.11 Å². The molecule has 4 nitrogen and oxygen atoms in total. The number of aliphatic hydroxyl groups is 1. The monoisotopic (exact) mass is 245 g/mol. The van der Waals surface area contributed by atoms with Crippen LogP contribution < -0.4 is 0 Å². The van der Waals surface area contributed by atoms with E-state index in [2.05, 4.69) is 10.8 Å². The summed E-state index contributed by atoms with van der Waals surface area (Å²) in [6, 6.07) is 9.21. The van der Waals surface area contributed by atoms with Crippen LogP contribution in [0.3, 0.4) is 0 Å². The molecule has 0 aromatic heterocycles. The molecule has 2 rings (SSSR count). The molecule has 1 aromatic carbocycles. The first-order chi connectivity index (χ1) is 8.61. The van der Waals surface area contributed by atoms with Crippen molar-refractivity contribution < 1.29 is 14.6 Å². The number of ether oxygens (including phenoxy) is 1. The van der Waals surface area contributed by atoms with Crippen molar-refractivity contribution in [3.8, 4) is 6.07 Å². The molecule has 1 fully saturated rings. The van der Waals surface area contributed by atoms with Crippen molar-refractivity contribution in [2.45, 2.75) is 30.8 Å². The summed E-state index contributed by atoms with van der Waals surface area (Å²) in [6.07, 6.45) is 1.23. The summed E-state index contributed by atoms with van der Waals surface area (Å²) >= 11 is 0. The first-order valence-electron chi connectivity index (χ1n) is 5.89. The Morgan fingerprint density at radius 1 is 1.61 bits per heavy atom. The SMILES string of the molecule is COC(=O)c1cccc(C2(C#N)CCC(O)C2)c1. The quantitative estimate of drug-likeness (QED) is 0.806. The predicted molar refractivity (Wildman–Crippen MR) is 64.9 cm³/mol. The van der Waals surface area contributed by atoms with Gasteiger partial charge in [-0.25, -0.2) is 4.79 Å². The highest BCUT2D eigenvalue weighted by atomic mass is 16.5. The molecule has 18 heavy (non-hydrogen) atoms. The number of carbonyl (C=O) groups is 1. The van der Waals surface area contributed by atoms with Gasteiger partial charge in [-0.05, 0) is 37.0 Å². The van der Waals surface area contributed by atoms with Gasteiger partial charge in [-0.1, -0.05) is 12.1 Å². The fourth-order valence-electron chi connectivity index (χ4n) is 2.51. The van der Waals surface area contributed by atoms with Gasteiger partial charge in [0.15, 0.2) is 0 Å². The molecule has 0 bridgehead atoms. The summed E-state index contributed by atoms with van der Waals surface area (Å²) in [6.45, 7) is 0. The van der Waals surface area contributed by atoms with Gasteiger partial charge in [0.2, 0.25) is 0 Å². The lowest BCUT2D eigenvalue weighted by atomic mass is 9.80. The van der Waals surface area contributed by atoms with Gasteiger partial charge in [0.1, 0.15) is 0 Å². The van der Waals surface area contributed by atoms with Gasteiger partial charge in [0, 0.05) is 0 Å². The van der Waals surface area contributed by atoms with E-state index in [1.54, 1.807) is 18.2 Å². The van der Waals surface area contributed by atoms with Gasteiger partial charge in [-0.15, -0.1) is 0 Å². The Hall–Kier alpha value is -1.86. The van der Waals surface area contributed by atoms with Crippen LogP contribution in [0.5, 0.6) is 0 Å². The van der Waals surface area contributed by atoms with Crippen molar-refractivity contribution in [1.29, 1.82) is 5.26 Å². The normalized spacial score (nSPS) is 26.6. The molecule has 94 valence electrons. The van der Waals surface area contributed by atoms with Crippen LogP contribution in [0, 0.1) is 11.3 Å². The molecule has 1 N–H and O–H groups in total.